The van der Waals surface area contributed by atoms with Gasteiger partial charge >= 0.3 is 11.9 Å². The van der Waals surface area contributed by atoms with Gasteiger partial charge in [0.1, 0.15) is 24.1 Å². The maximum Gasteiger partial charge on any atom is 0.331 e. The summed E-state index contributed by atoms with van der Waals surface area (Å²) in [5.41, 5.74) is -8.50. The van der Waals surface area contributed by atoms with E-state index in [9.17, 15) is 39.6 Å². The molecule has 3 saturated carbocycles. The maximum atomic E-state index is 13.4. The van der Waals surface area contributed by atoms with E-state index in [0.717, 1.165) is 6.08 Å². The van der Waals surface area contributed by atoms with Crippen molar-refractivity contribution in [3.63, 3.8) is 0 Å². The van der Waals surface area contributed by atoms with Crippen LogP contribution < -0.4 is 0 Å². The van der Waals surface area contributed by atoms with Crippen LogP contribution in [-0.4, -0.2) is 91.8 Å². The number of epoxide rings is 1. The number of aliphatic hydroxyl groups is 4. The first-order valence-electron chi connectivity index (χ1n) is 14.5. The van der Waals surface area contributed by atoms with Crippen LogP contribution in [0.5, 0.6) is 0 Å². The van der Waals surface area contributed by atoms with Crippen LogP contribution in [0.25, 0.3) is 0 Å². The molecule has 5 aliphatic rings. The lowest BCUT2D eigenvalue weighted by Crippen LogP contribution is -2.69. The summed E-state index contributed by atoms with van der Waals surface area (Å²) in [5, 5.41) is 46.8. The summed E-state index contributed by atoms with van der Waals surface area (Å²) in [5.74, 6) is -6.68. The Morgan fingerprint density at radius 2 is 1.86 bits per heavy atom. The molecule has 42 heavy (non-hydrogen) atoms. The quantitative estimate of drug-likeness (QED) is 0.102. The van der Waals surface area contributed by atoms with Gasteiger partial charge in [0.2, 0.25) is 0 Å². The van der Waals surface area contributed by atoms with Crippen LogP contribution in [0, 0.1) is 35.0 Å². The van der Waals surface area contributed by atoms with Crippen molar-refractivity contribution in [2.24, 2.45) is 35.0 Å². The van der Waals surface area contributed by atoms with Gasteiger partial charge in [0, 0.05) is 35.2 Å². The third kappa shape index (κ3) is 3.57. The highest BCUT2D eigenvalue weighted by molar-refractivity contribution is 6.05. The Labute approximate surface area is 244 Å². The summed E-state index contributed by atoms with van der Waals surface area (Å²) in [6.07, 6.45) is 3.27. The minimum absolute atomic E-state index is 0.127. The molecule has 1 aliphatic heterocycles. The van der Waals surface area contributed by atoms with Gasteiger partial charge in [0.05, 0.1) is 24.2 Å². The van der Waals surface area contributed by atoms with Gasteiger partial charge in [0.25, 0.3) is 0 Å². The van der Waals surface area contributed by atoms with Gasteiger partial charge in [-0.05, 0) is 25.0 Å². The number of carbonyl (C=O) groups excluding carboxylic acids is 4. The number of hydrogen-bond acceptors (Lipinski definition) is 11. The predicted molar refractivity (Wildman–Crippen MR) is 145 cm³/mol. The van der Waals surface area contributed by atoms with Gasteiger partial charge in [-0.25, -0.2) is 4.79 Å². The number of esters is 2. The number of ketones is 1. The number of aliphatic hydroxyl groups excluding tert-OH is 2. The fraction of sp³-hybridized carbons (Fsp3) is 0.677. The molecule has 0 radical (unpaired) electrons. The van der Waals surface area contributed by atoms with Gasteiger partial charge in [-0.3, -0.25) is 14.4 Å². The molecule has 0 aromatic rings. The first-order chi connectivity index (χ1) is 19.6. The van der Waals surface area contributed by atoms with Crippen LogP contribution >= 0.6 is 0 Å². The van der Waals surface area contributed by atoms with E-state index in [1.165, 1.54) is 31.2 Å². The molecular weight excluding hydrogens is 548 g/mol. The third-order valence-corrected chi connectivity index (χ3v) is 11.1. The van der Waals surface area contributed by atoms with E-state index in [4.69, 9.17) is 14.2 Å². The van der Waals surface area contributed by atoms with Crippen LogP contribution in [0.1, 0.15) is 48.0 Å². The van der Waals surface area contributed by atoms with Gasteiger partial charge < -0.3 is 34.6 Å². The molecule has 0 spiro atoms. The van der Waals surface area contributed by atoms with Crippen LogP contribution in [0.2, 0.25) is 0 Å². The van der Waals surface area contributed by atoms with Crippen LogP contribution in [-0.2, 0) is 33.4 Å². The van der Waals surface area contributed by atoms with Gasteiger partial charge in [-0.15, -0.1) is 0 Å². The summed E-state index contributed by atoms with van der Waals surface area (Å²) < 4.78 is 18.2. The second-order valence-electron chi connectivity index (χ2n) is 13.2. The minimum Gasteiger partial charge on any atom is -0.455 e. The van der Waals surface area contributed by atoms with Crippen molar-refractivity contribution in [1.29, 1.82) is 0 Å². The zero-order valence-electron chi connectivity index (χ0n) is 24.6. The first kappa shape index (κ1) is 30.7. The lowest BCUT2D eigenvalue weighted by Gasteiger charge is -2.53. The third-order valence-electron chi connectivity index (χ3n) is 11.1. The van der Waals surface area contributed by atoms with E-state index in [0.29, 0.717) is 12.7 Å². The summed E-state index contributed by atoms with van der Waals surface area (Å²) in [4.78, 5) is 50.5. The van der Waals surface area contributed by atoms with Crippen molar-refractivity contribution < 1.29 is 53.8 Å². The molecule has 0 aromatic carbocycles. The zero-order valence-corrected chi connectivity index (χ0v) is 24.6. The molecule has 5 rings (SSSR count). The molecular formula is C31H40O11. The van der Waals surface area contributed by atoms with E-state index >= 15 is 0 Å². The standard InChI is InChI=1S/C31H40O11/c1-7-15(2)25(36)42-31-21(27(31,5)6)20-24-28(14-33,41-24)26(37)30(39)18(13-16(3)22(30)35)29(20,38)17(4)23(31)40-19(34)11-9-8-10-12-32/h8-13,15,17-18,20-21,23-24,26,33,37-39H,7,14H2,1-6H3/b10-8+,11-9+/t15?,17-,18+,20-,21+,23?,24?,26?,28?,29?,30?,31?/m1/s1. The summed E-state index contributed by atoms with van der Waals surface area (Å²) in [6, 6.07) is 0. The average Bonchev–Trinajstić information content (AvgIpc) is 3.78. The molecule has 4 fully saturated rings. The molecule has 8 unspecified atom stereocenters. The Morgan fingerprint density at radius 3 is 2.45 bits per heavy atom. The maximum absolute atomic E-state index is 13.4. The molecule has 4 N–H and O–H groups in total. The Hall–Kier alpha value is -2.70. The number of hydrogen-bond donors (Lipinski definition) is 4. The molecule has 230 valence electrons. The highest BCUT2D eigenvalue weighted by Crippen LogP contribution is 2.80. The van der Waals surface area contributed by atoms with Crippen LogP contribution in [0.4, 0.5) is 0 Å². The summed E-state index contributed by atoms with van der Waals surface area (Å²) in [6.45, 7) is 9.53. The normalized spacial score (nSPS) is 47.0. The Kier molecular flexibility index (Phi) is 7.07. The number of carbonyl (C=O) groups is 4. The molecule has 1 heterocycles. The van der Waals surface area contributed by atoms with Crippen molar-refractivity contribution in [2.75, 3.05) is 6.61 Å². The Bertz CT molecular complexity index is 1300. The molecule has 11 nitrogen and oxygen atoms in total. The summed E-state index contributed by atoms with van der Waals surface area (Å²) in [7, 11) is 0. The zero-order chi connectivity index (χ0) is 31.2. The monoisotopic (exact) mass is 588 g/mol. The molecule has 1 saturated heterocycles. The average molecular weight is 589 g/mol. The Balaban J connectivity index is 1.69. The largest absolute Gasteiger partial charge is 0.455 e. The van der Waals surface area contributed by atoms with Gasteiger partial charge in [0.15, 0.2) is 17.0 Å². The molecule has 11 heteroatoms. The smallest absolute Gasteiger partial charge is 0.331 e. The molecule has 0 bridgehead atoms. The van der Waals surface area contributed by atoms with E-state index in [-0.39, 0.29) is 5.57 Å². The number of aldehydes is 1. The van der Waals surface area contributed by atoms with Gasteiger partial charge in [-0.1, -0.05) is 52.8 Å². The number of fused-ring (bicyclic) bond motifs is 7. The van der Waals surface area contributed by atoms with E-state index in [1.807, 2.05) is 20.8 Å². The second kappa shape index (κ2) is 9.65. The van der Waals surface area contributed by atoms with E-state index < -0.39 is 100 Å². The molecule has 0 amide bonds. The van der Waals surface area contributed by atoms with Crippen molar-refractivity contribution in [2.45, 2.75) is 88.7 Å². The lowest BCUT2D eigenvalue weighted by molar-refractivity contribution is -0.244. The molecule has 0 aromatic heterocycles. The fourth-order valence-electron chi connectivity index (χ4n) is 8.51. The van der Waals surface area contributed by atoms with Crippen molar-refractivity contribution in [3.05, 3.63) is 36.0 Å². The van der Waals surface area contributed by atoms with E-state index in [2.05, 4.69) is 0 Å². The SMILES string of the molecule is CCC(C)C(=O)OC12C(OC(=O)/C=C/C=C/C=O)[C@@H](C)C3(O)[C@@H]4C=C(C)C(=O)C4(O)C(O)C4(CO)OC4[C@H]3[C@H]1C2(C)C. The number of rotatable bonds is 8. The van der Waals surface area contributed by atoms with Crippen LogP contribution in [0.3, 0.4) is 0 Å². The van der Waals surface area contributed by atoms with E-state index in [1.54, 1.807) is 13.8 Å². The molecule has 4 aliphatic carbocycles. The lowest BCUT2D eigenvalue weighted by atomic mass is 9.58. The number of allylic oxidation sites excluding steroid dienone is 3. The predicted octanol–water partition coefficient (Wildman–Crippen LogP) is 0.571. The molecule has 12 atom stereocenters. The van der Waals surface area contributed by atoms with Crippen molar-refractivity contribution in [1.82, 2.24) is 0 Å². The topological polar surface area (TPSA) is 180 Å². The summed E-state index contributed by atoms with van der Waals surface area (Å²) >= 11 is 0. The van der Waals surface area contributed by atoms with Crippen LogP contribution in [0.15, 0.2) is 36.0 Å². The fourth-order valence-corrected chi connectivity index (χ4v) is 8.51. The first-order valence-corrected chi connectivity index (χ1v) is 14.5. The number of Topliss-reactive ketones (excluding diaryl/α,β-unsaturated/α-hetero) is 1. The highest BCUT2D eigenvalue weighted by atomic mass is 16.6. The Morgan fingerprint density at radius 1 is 1.19 bits per heavy atom. The number of ether oxygens (including phenoxy) is 3. The highest BCUT2D eigenvalue weighted by Gasteiger charge is 2.93. The van der Waals surface area contributed by atoms with Crippen molar-refractivity contribution in [3.8, 4) is 0 Å². The van der Waals surface area contributed by atoms with Gasteiger partial charge in [-0.2, -0.15) is 0 Å². The second-order valence-corrected chi connectivity index (χ2v) is 13.2. The minimum atomic E-state index is -2.53. The van der Waals surface area contributed by atoms with Crippen molar-refractivity contribution >= 4 is 24.0 Å².